The van der Waals surface area contributed by atoms with Gasteiger partial charge >= 0.3 is 5.97 Å². The largest absolute Gasteiger partial charge is 0.481 e. The number of carbonyl (C=O) groups is 2. The topological polar surface area (TPSA) is 80.4 Å². The second kappa shape index (κ2) is 4.85. The lowest BCUT2D eigenvalue weighted by molar-refractivity contribution is -0.137. The van der Waals surface area contributed by atoms with E-state index in [9.17, 15) is 9.59 Å². The van der Waals surface area contributed by atoms with Crippen LogP contribution in [0.5, 0.6) is 0 Å². The molecule has 0 amide bonds. The van der Waals surface area contributed by atoms with Gasteiger partial charge in [0.25, 0.3) is 0 Å². The molecule has 0 heterocycles. The maximum atomic E-state index is 10.8. The summed E-state index contributed by atoms with van der Waals surface area (Å²) in [6.45, 7) is 1.71. The lowest BCUT2D eigenvalue weighted by Gasteiger charge is -2.05. The fourth-order valence-electron chi connectivity index (χ4n) is 0.702. The van der Waals surface area contributed by atoms with Crippen LogP contribution in [-0.2, 0) is 9.59 Å². The molecule has 3 N–H and O–H groups in total. The normalized spacial score (nSPS) is 12.5. The molecule has 0 aromatic rings. The van der Waals surface area contributed by atoms with Crippen molar-refractivity contribution in [3.63, 3.8) is 0 Å². The van der Waals surface area contributed by atoms with Gasteiger partial charge in [-0.05, 0) is 6.42 Å². The maximum Gasteiger partial charge on any atom is 0.303 e. The monoisotopic (exact) mass is 159 g/mol. The zero-order valence-corrected chi connectivity index (χ0v) is 6.54. The van der Waals surface area contributed by atoms with Gasteiger partial charge in [-0.15, -0.1) is 0 Å². The Hall–Kier alpha value is -0.900. The van der Waals surface area contributed by atoms with Crippen molar-refractivity contribution in [2.75, 3.05) is 0 Å². The van der Waals surface area contributed by atoms with Crippen LogP contribution in [-0.4, -0.2) is 22.9 Å². The highest BCUT2D eigenvalue weighted by Gasteiger charge is 2.11. The van der Waals surface area contributed by atoms with Gasteiger partial charge in [-0.3, -0.25) is 9.59 Å². The van der Waals surface area contributed by atoms with Gasteiger partial charge in [0.15, 0.2) is 0 Å². The Morgan fingerprint density at radius 2 is 2.09 bits per heavy atom. The maximum absolute atomic E-state index is 10.8. The molecule has 1 unspecified atom stereocenters. The van der Waals surface area contributed by atoms with Crippen molar-refractivity contribution in [1.82, 2.24) is 0 Å². The van der Waals surface area contributed by atoms with Crippen molar-refractivity contribution in [2.24, 2.45) is 5.73 Å². The fraction of sp³-hybridized carbons (Fsp3) is 0.714. The number of carbonyl (C=O) groups excluding carboxylic acids is 1. The average molecular weight is 159 g/mol. The number of hydrogen-bond acceptors (Lipinski definition) is 3. The quantitative estimate of drug-likeness (QED) is 0.598. The SMILES string of the molecule is CCC(=O)C(N)CCC(=O)O. The molecule has 0 saturated heterocycles. The Kier molecular flexibility index (Phi) is 4.45. The van der Waals surface area contributed by atoms with Crippen molar-refractivity contribution < 1.29 is 14.7 Å². The van der Waals surface area contributed by atoms with Gasteiger partial charge in [-0.1, -0.05) is 6.92 Å². The number of nitrogens with two attached hydrogens (primary N) is 1. The van der Waals surface area contributed by atoms with Crippen molar-refractivity contribution in [3.8, 4) is 0 Å². The molecule has 4 heteroatoms. The Morgan fingerprint density at radius 1 is 1.55 bits per heavy atom. The number of rotatable bonds is 5. The van der Waals surface area contributed by atoms with Crippen LogP contribution in [0, 0.1) is 0 Å². The third kappa shape index (κ3) is 4.50. The molecule has 11 heavy (non-hydrogen) atoms. The third-order valence-electron chi connectivity index (χ3n) is 1.43. The second-order valence-electron chi connectivity index (χ2n) is 2.36. The summed E-state index contributed by atoms with van der Waals surface area (Å²) in [6.07, 6.45) is 0.579. The highest BCUT2D eigenvalue weighted by Crippen LogP contribution is 1.97. The molecule has 0 radical (unpaired) electrons. The number of carboxylic acid groups (broad SMARTS) is 1. The molecule has 64 valence electrons. The molecule has 0 aromatic heterocycles. The second-order valence-corrected chi connectivity index (χ2v) is 2.36. The Morgan fingerprint density at radius 3 is 2.45 bits per heavy atom. The molecule has 0 rings (SSSR count). The van der Waals surface area contributed by atoms with Crippen LogP contribution in [0.1, 0.15) is 26.2 Å². The van der Waals surface area contributed by atoms with E-state index in [0.717, 1.165) is 0 Å². The first kappa shape index (κ1) is 10.1. The number of ketones is 1. The summed E-state index contributed by atoms with van der Waals surface area (Å²) in [5, 5.41) is 8.25. The highest BCUT2D eigenvalue weighted by atomic mass is 16.4. The van der Waals surface area contributed by atoms with Crippen LogP contribution >= 0.6 is 0 Å². The van der Waals surface area contributed by atoms with Crippen LogP contribution in [0.25, 0.3) is 0 Å². The zero-order chi connectivity index (χ0) is 8.85. The van der Waals surface area contributed by atoms with Crippen LogP contribution in [0.2, 0.25) is 0 Å². The molecule has 0 saturated carbocycles. The summed E-state index contributed by atoms with van der Waals surface area (Å²) in [6, 6.07) is -0.601. The molecule has 0 aliphatic heterocycles. The molecule has 1 atom stereocenters. The highest BCUT2D eigenvalue weighted by molar-refractivity contribution is 5.83. The van der Waals surface area contributed by atoms with E-state index in [1.54, 1.807) is 6.92 Å². The van der Waals surface area contributed by atoms with Crippen LogP contribution in [0.3, 0.4) is 0 Å². The lowest BCUT2D eigenvalue weighted by Crippen LogP contribution is -2.30. The van der Waals surface area contributed by atoms with Gasteiger partial charge in [0, 0.05) is 12.8 Å². The predicted octanol–water partition coefficient (Wildman–Crippen LogP) is 0.158. The standard InChI is InChI=1S/C7H13NO3/c1-2-6(9)5(8)3-4-7(10)11/h5H,2-4,8H2,1H3,(H,10,11). The van der Waals surface area contributed by atoms with E-state index < -0.39 is 12.0 Å². The first-order valence-electron chi connectivity index (χ1n) is 3.58. The van der Waals surface area contributed by atoms with Crippen LogP contribution in [0.4, 0.5) is 0 Å². The fourth-order valence-corrected chi connectivity index (χ4v) is 0.702. The molecular weight excluding hydrogens is 146 g/mol. The number of aliphatic carboxylic acids is 1. The molecule has 0 spiro atoms. The van der Waals surface area contributed by atoms with Crippen molar-refractivity contribution >= 4 is 11.8 Å². The summed E-state index contributed by atoms with van der Waals surface area (Å²) in [5.41, 5.74) is 5.36. The van der Waals surface area contributed by atoms with Gasteiger partial charge < -0.3 is 10.8 Å². The van der Waals surface area contributed by atoms with Gasteiger partial charge in [-0.25, -0.2) is 0 Å². The summed E-state index contributed by atoms with van der Waals surface area (Å²) in [5.74, 6) is -0.990. The zero-order valence-electron chi connectivity index (χ0n) is 6.54. The summed E-state index contributed by atoms with van der Waals surface area (Å²) in [4.78, 5) is 20.9. The van der Waals surface area contributed by atoms with Gasteiger partial charge in [0.2, 0.25) is 0 Å². The molecule has 0 bridgehead atoms. The summed E-state index contributed by atoms with van der Waals surface area (Å²) in [7, 11) is 0. The van der Waals surface area contributed by atoms with E-state index in [1.807, 2.05) is 0 Å². The van der Waals surface area contributed by atoms with Crippen LogP contribution in [0.15, 0.2) is 0 Å². The van der Waals surface area contributed by atoms with E-state index in [4.69, 9.17) is 10.8 Å². The molecular formula is C7H13NO3. The number of hydrogen-bond donors (Lipinski definition) is 2. The molecule has 0 aliphatic rings. The lowest BCUT2D eigenvalue weighted by atomic mass is 10.1. The minimum atomic E-state index is -0.913. The van der Waals surface area contributed by atoms with Gasteiger partial charge in [-0.2, -0.15) is 0 Å². The number of Topliss-reactive ketones (excluding diaryl/α,β-unsaturated/α-hetero) is 1. The molecule has 0 fully saturated rings. The van der Waals surface area contributed by atoms with E-state index in [1.165, 1.54) is 0 Å². The molecule has 0 aromatic carbocycles. The Balaban J connectivity index is 3.60. The summed E-state index contributed by atoms with van der Waals surface area (Å²) < 4.78 is 0. The smallest absolute Gasteiger partial charge is 0.303 e. The van der Waals surface area contributed by atoms with Crippen molar-refractivity contribution in [1.29, 1.82) is 0 Å². The summed E-state index contributed by atoms with van der Waals surface area (Å²) >= 11 is 0. The first-order valence-corrected chi connectivity index (χ1v) is 3.58. The Labute approximate surface area is 65.4 Å². The third-order valence-corrected chi connectivity index (χ3v) is 1.43. The Bertz CT molecular complexity index is 156. The van der Waals surface area contributed by atoms with Crippen LogP contribution < -0.4 is 5.73 Å². The molecule has 4 nitrogen and oxygen atoms in total. The minimum absolute atomic E-state index is 0.0348. The minimum Gasteiger partial charge on any atom is -0.481 e. The average Bonchev–Trinajstić information content (AvgIpc) is 1.98. The molecule has 0 aliphatic carbocycles. The van der Waals surface area contributed by atoms with Gasteiger partial charge in [0.1, 0.15) is 5.78 Å². The van der Waals surface area contributed by atoms with E-state index in [2.05, 4.69) is 0 Å². The van der Waals surface area contributed by atoms with Gasteiger partial charge in [0.05, 0.1) is 6.04 Å². The first-order chi connectivity index (χ1) is 5.07. The van der Waals surface area contributed by atoms with Crippen molar-refractivity contribution in [2.45, 2.75) is 32.2 Å². The van der Waals surface area contributed by atoms with Crippen molar-refractivity contribution in [3.05, 3.63) is 0 Å². The predicted molar refractivity (Wildman–Crippen MR) is 40.1 cm³/mol. The number of carboxylic acids is 1. The van der Waals surface area contributed by atoms with E-state index in [-0.39, 0.29) is 18.6 Å². The van der Waals surface area contributed by atoms with E-state index >= 15 is 0 Å². The van der Waals surface area contributed by atoms with E-state index in [0.29, 0.717) is 6.42 Å².